The van der Waals surface area contributed by atoms with E-state index in [1.807, 2.05) is 18.2 Å². The van der Waals surface area contributed by atoms with Crippen molar-refractivity contribution >= 4 is 23.5 Å². The highest BCUT2D eigenvalue weighted by Gasteiger charge is 2.27. The van der Waals surface area contributed by atoms with Gasteiger partial charge in [0.05, 0.1) is 23.4 Å². The second kappa shape index (κ2) is 8.31. The van der Waals surface area contributed by atoms with Gasteiger partial charge in [-0.25, -0.2) is 0 Å². The average Bonchev–Trinajstić information content (AvgIpc) is 2.66. The lowest BCUT2D eigenvalue weighted by molar-refractivity contribution is -0.142. The summed E-state index contributed by atoms with van der Waals surface area (Å²) in [5, 5.41) is 12.6. The van der Waals surface area contributed by atoms with E-state index in [9.17, 15) is 14.7 Å². The highest BCUT2D eigenvalue weighted by molar-refractivity contribution is 6.32. The Morgan fingerprint density at radius 3 is 2.59 bits per heavy atom. The number of nitrogens with one attached hydrogen (secondary N) is 1. The van der Waals surface area contributed by atoms with Crippen molar-refractivity contribution in [3.8, 4) is 11.5 Å². The van der Waals surface area contributed by atoms with Crippen LogP contribution in [0.2, 0.25) is 5.02 Å². The lowest BCUT2D eigenvalue weighted by Crippen LogP contribution is -2.36. The van der Waals surface area contributed by atoms with Gasteiger partial charge in [0, 0.05) is 0 Å². The summed E-state index contributed by atoms with van der Waals surface area (Å²) in [5.74, 6) is -1.07. The number of benzene rings is 2. The summed E-state index contributed by atoms with van der Waals surface area (Å²) in [5.41, 5.74) is 1.40. The van der Waals surface area contributed by atoms with Gasteiger partial charge in [0.1, 0.15) is 13.2 Å². The summed E-state index contributed by atoms with van der Waals surface area (Å²) in [4.78, 5) is 24.0. The minimum atomic E-state index is -0.980. The highest BCUT2D eigenvalue weighted by atomic mass is 35.5. The van der Waals surface area contributed by atoms with Crippen molar-refractivity contribution in [1.29, 1.82) is 0 Å². The molecule has 2 aromatic rings. The molecule has 6 nitrogen and oxygen atoms in total. The van der Waals surface area contributed by atoms with Gasteiger partial charge >= 0.3 is 5.97 Å². The zero-order valence-corrected chi connectivity index (χ0v) is 15.5. The highest BCUT2D eigenvalue weighted by Crippen LogP contribution is 2.38. The maximum atomic E-state index is 12.6. The van der Waals surface area contributed by atoms with Crippen molar-refractivity contribution in [3.05, 3.63) is 58.6 Å². The third-order valence-corrected chi connectivity index (χ3v) is 4.67. The molecular formula is C20H20ClNO5. The minimum Gasteiger partial charge on any atom is -0.486 e. The number of amides is 1. The molecule has 2 N–H and O–H groups in total. The van der Waals surface area contributed by atoms with E-state index in [2.05, 4.69) is 5.32 Å². The predicted octanol–water partition coefficient (Wildman–Crippen LogP) is 3.23. The molecule has 0 aliphatic carbocycles. The molecular weight excluding hydrogens is 370 g/mol. The van der Waals surface area contributed by atoms with E-state index in [1.165, 1.54) is 0 Å². The van der Waals surface area contributed by atoms with Crippen LogP contribution in [-0.4, -0.2) is 30.2 Å². The maximum absolute atomic E-state index is 12.6. The van der Waals surface area contributed by atoms with Crippen LogP contribution in [0.25, 0.3) is 0 Å². The van der Waals surface area contributed by atoms with Gasteiger partial charge in [0.25, 0.3) is 0 Å². The fourth-order valence-electron chi connectivity index (χ4n) is 2.98. The molecule has 1 aliphatic rings. The third-order valence-electron chi connectivity index (χ3n) is 4.39. The smallest absolute Gasteiger partial charge is 0.308 e. The quantitative estimate of drug-likeness (QED) is 0.792. The minimum absolute atomic E-state index is 0.0477. The van der Waals surface area contributed by atoms with Gasteiger partial charge in [0.15, 0.2) is 11.5 Å². The summed E-state index contributed by atoms with van der Waals surface area (Å²) in [6.07, 6.45) is 0.0477. The van der Waals surface area contributed by atoms with Crippen molar-refractivity contribution < 1.29 is 24.2 Å². The SMILES string of the molecule is CC(C(=O)O)C(NC(=O)Cc1cc(Cl)c2c(c1)OCCO2)c1ccccc1. The zero-order chi connectivity index (χ0) is 19.4. The van der Waals surface area contributed by atoms with E-state index >= 15 is 0 Å². The maximum Gasteiger partial charge on any atom is 0.308 e. The van der Waals surface area contributed by atoms with Crippen molar-refractivity contribution in [3.63, 3.8) is 0 Å². The lowest BCUT2D eigenvalue weighted by Gasteiger charge is -2.23. The second-order valence-corrected chi connectivity index (χ2v) is 6.77. The van der Waals surface area contributed by atoms with Crippen molar-refractivity contribution in [1.82, 2.24) is 5.32 Å². The first-order valence-electron chi connectivity index (χ1n) is 8.61. The number of rotatable bonds is 6. The number of carbonyl (C=O) groups excluding carboxylic acids is 1. The van der Waals surface area contributed by atoms with Gasteiger partial charge in [-0.05, 0) is 30.2 Å². The van der Waals surface area contributed by atoms with Crippen molar-refractivity contribution in [2.45, 2.75) is 19.4 Å². The largest absolute Gasteiger partial charge is 0.486 e. The van der Waals surface area contributed by atoms with Crippen LogP contribution < -0.4 is 14.8 Å². The van der Waals surface area contributed by atoms with Crippen LogP contribution in [-0.2, 0) is 16.0 Å². The van der Waals surface area contributed by atoms with E-state index in [4.69, 9.17) is 21.1 Å². The van der Waals surface area contributed by atoms with Crippen LogP contribution >= 0.6 is 11.6 Å². The monoisotopic (exact) mass is 389 g/mol. The Hall–Kier alpha value is -2.73. The van der Waals surface area contributed by atoms with E-state index in [1.54, 1.807) is 31.2 Å². The topological polar surface area (TPSA) is 84.9 Å². The molecule has 7 heteroatoms. The number of carboxylic acid groups (broad SMARTS) is 1. The molecule has 0 saturated heterocycles. The van der Waals surface area contributed by atoms with Crippen LogP contribution in [0.3, 0.4) is 0 Å². The summed E-state index contributed by atoms with van der Waals surface area (Å²) in [6, 6.07) is 11.8. The number of hydrogen-bond acceptors (Lipinski definition) is 4. The molecule has 0 spiro atoms. The Morgan fingerprint density at radius 2 is 1.89 bits per heavy atom. The standard InChI is InChI=1S/C20H20ClNO5/c1-12(20(24)25)18(14-5-3-2-4-6-14)22-17(23)11-13-9-15(21)19-16(10-13)26-7-8-27-19/h2-6,9-10,12,18H,7-8,11H2,1H3,(H,22,23)(H,24,25). The van der Waals surface area contributed by atoms with E-state index in [0.717, 1.165) is 5.56 Å². The van der Waals surface area contributed by atoms with Crippen LogP contribution in [0.4, 0.5) is 0 Å². The van der Waals surface area contributed by atoms with Crippen LogP contribution in [0.15, 0.2) is 42.5 Å². The van der Waals surface area contributed by atoms with Gasteiger partial charge in [-0.3, -0.25) is 9.59 Å². The number of carboxylic acids is 1. The Balaban J connectivity index is 1.76. The molecule has 142 valence electrons. The van der Waals surface area contributed by atoms with E-state index in [0.29, 0.717) is 35.3 Å². The van der Waals surface area contributed by atoms with Gasteiger partial charge < -0.3 is 19.9 Å². The summed E-state index contributed by atoms with van der Waals surface area (Å²) in [6.45, 7) is 2.42. The lowest BCUT2D eigenvalue weighted by atomic mass is 9.94. The summed E-state index contributed by atoms with van der Waals surface area (Å²) < 4.78 is 11.0. The molecule has 2 unspecified atom stereocenters. The van der Waals surface area contributed by atoms with Crippen LogP contribution in [0.5, 0.6) is 11.5 Å². The summed E-state index contributed by atoms with van der Waals surface area (Å²) >= 11 is 6.21. The Bertz CT molecular complexity index is 840. The fraction of sp³-hybridized carbons (Fsp3) is 0.300. The van der Waals surface area contributed by atoms with Gasteiger partial charge in [-0.15, -0.1) is 0 Å². The number of halogens is 1. The molecule has 3 rings (SSSR count). The van der Waals surface area contributed by atoms with Gasteiger partial charge in [-0.1, -0.05) is 41.9 Å². The van der Waals surface area contributed by atoms with Crippen LogP contribution in [0.1, 0.15) is 24.1 Å². The Kier molecular flexibility index (Phi) is 5.86. The normalized spacial score (nSPS) is 14.9. The van der Waals surface area contributed by atoms with E-state index < -0.39 is 17.9 Å². The summed E-state index contributed by atoms with van der Waals surface area (Å²) in [7, 11) is 0. The van der Waals surface area contributed by atoms with Crippen LogP contribution in [0, 0.1) is 5.92 Å². The van der Waals surface area contributed by atoms with Crippen molar-refractivity contribution in [2.75, 3.05) is 13.2 Å². The third kappa shape index (κ3) is 4.52. The molecule has 2 aromatic carbocycles. The van der Waals surface area contributed by atoms with Gasteiger partial charge in [-0.2, -0.15) is 0 Å². The molecule has 27 heavy (non-hydrogen) atoms. The van der Waals surface area contributed by atoms with E-state index in [-0.39, 0.29) is 12.3 Å². The molecule has 1 heterocycles. The van der Waals surface area contributed by atoms with Gasteiger partial charge in [0.2, 0.25) is 5.91 Å². The first-order valence-corrected chi connectivity index (χ1v) is 8.98. The predicted molar refractivity (Wildman–Crippen MR) is 100 cm³/mol. The molecule has 1 amide bonds. The molecule has 0 fully saturated rings. The molecule has 0 bridgehead atoms. The fourth-order valence-corrected chi connectivity index (χ4v) is 3.26. The number of ether oxygens (including phenoxy) is 2. The number of aliphatic carboxylic acids is 1. The zero-order valence-electron chi connectivity index (χ0n) is 14.8. The second-order valence-electron chi connectivity index (χ2n) is 6.36. The first-order chi connectivity index (χ1) is 13.0. The van der Waals surface area contributed by atoms with Crippen molar-refractivity contribution in [2.24, 2.45) is 5.92 Å². The number of hydrogen-bond donors (Lipinski definition) is 2. The molecule has 0 saturated carbocycles. The molecule has 0 aromatic heterocycles. The Morgan fingerprint density at radius 1 is 1.19 bits per heavy atom. The first kappa shape index (κ1) is 19.0. The molecule has 2 atom stereocenters. The molecule has 0 radical (unpaired) electrons. The average molecular weight is 390 g/mol. The number of carbonyl (C=O) groups is 2. The Labute approximate surface area is 162 Å². The molecule has 1 aliphatic heterocycles. The number of fused-ring (bicyclic) bond motifs is 1.